The first-order chi connectivity index (χ1) is 16.2. The molecule has 2 aromatic rings. The first-order valence-electron chi connectivity index (χ1n) is 11.4. The van der Waals surface area contributed by atoms with Gasteiger partial charge in [-0.25, -0.2) is 0 Å². The van der Waals surface area contributed by atoms with Crippen molar-refractivity contribution in [3.05, 3.63) is 70.1 Å². The Hall–Kier alpha value is -3.14. The first-order valence-corrected chi connectivity index (χ1v) is 11.4. The van der Waals surface area contributed by atoms with Gasteiger partial charge >= 0.3 is 6.18 Å². The molecular weight excluding hydrogens is 449 g/mol. The van der Waals surface area contributed by atoms with E-state index in [2.05, 4.69) is 15.5 Å². The quantitative estimate of drug-likeness (QED) is 0.672. The van der Waals surface area contributed by atoms with Crippen LogP contribution in [0.3, 0.4) is 0 Å². The molecule has 7 nitrogen and oxygen atoms in total. The van der Waals surface area contributed by atoms with Crippen LogP contribution in [0.1, 0.15) is 47.6 Å². The Labute approximate surface area is 194 Å². The number of carbonyl (C=O) groups excluding carboxylic acids is 2. The fourth-order valence-electron chi connectivity index (χ4n) is 4.72. The van der Waals surface area contributed by atoms with Crippen molar-refractivity contribution >= 4 is 11.8 Å². The van der Waals surface area contributed by atoms with Crippen LogP contribution in [0.4, 0.5) is 13.2 Å². The number of amides is 2. The van der Waals surface area contributed by atoms with Gasteiger partial charge in [-0.05, 0) is 49.9 Å². The molecule has 34 heavy (non-hydrogen) atoms. The summed E-state index contributed by atoms with van der Waals surface area (Å²) in [7, 11) is 0. The number of hydrogen-bond acceptors (Lipinski definition) is 4. The van der Waals surface area contributed by atoms with Crippen LogP contribution < -0.4 is 16.2 Å². The maximum Gasteiger partial charge on any atom is 0.416 e. The Bertz CT molecular complexity index is 1090. The lowest BCUT2D eigenvalue weighted by atomic mass is 9.88. The largest absolute Gasteiger partial charge is 0.416 e. The summed E-state index contributed by atoms with van der Waals surface area (Å²) in [5, 5.41) is 5.22. The van der Waals surface area contributed by atoms with Crippen LogP contribution in [-0.4, -0.2) is 53.0 Å². The molecule has 1 aromatic carbocycles. The van der Waals surface area contributed by atoms with Gasteiger partial charge in [-0.15, -0.1) is 0 Å². The molecule has 1 aliphatic carbocycles. The lowest BCUT2D eigenvalue weighted by Gasteiger charge is -2.46. The van der Waals surface area contributed by atoms with Crippen molar-refractivity contribution in [3.63, 3.8) is 0 Å². The van der Waals surface area contributed by atoms with E-state index in [0.717, 1.165) is 43.9 Å². The summed E-state index contributed by atoms with van der Waals surface area (Å²) in [5.74, 6) is -1.11. The van der Waals surface area contributed by atoms with E-state index in [9.17, 15) is 27.6 Å². The van der Waals surface area contributed by atoms with Crippen LogP contribution in [0.25, 0.3) is 0 Å². The molecule has 2 amide bonds. The van der Waals surface area contributed by atoms with Gasteiger partial charge in [0.15, 0.2) is 0 Å². The number of carbonyl (C=O) groups is 2. The third-order valence-corrected chi connectivity index (χ3v) is 6.56. The number of alkyl halides is 3. The molecule has 1 aromatic heterocycles. The van der Waals surface area contributed by atoms with Gasteiger partial charge in [0, 0.05) is 43.0 Å². The molecule has 1 saturated carbocycles. The van der Waals surface area contributed by atoms with Gasteiger partial charge in [0.25, 0.3) is 11.5 Å². The number of benzene rings is 1. The summed E-state index contributed by atoms with van der Waals surface area (Å²) < 4.78 is 40.2. The summed E-state index contributed by atoms with van der Waals surface area (Å²) in [4.78, 5) is 38.6. The van der Waals surface area contributed by atoms with Crippen LogP contribution in [-0.2, 0) is 11.0 Å². The summed E-state index contributed by atoms with van der Waals surface area (Å²) in [6.07, 6.45) is 1.14. The van der Waals surface area contributed by atoms with Crippen molar-refractivity contribution in [2.75, 3.05) is 19.6 Å². The van der Waals surface area contributed by atoms with Crippen molar-refractivity contribution in [1.29, 1.82) is 0 Å². The first kappa shape index (κ1) is 24.0. The van der Waals surface area contributed by atoms with Crippen LogP contribution >= 0.6 is 0 Å². The molecule has 2 aliphatic rings. The molecule has 10 heteroatoms. The van der Waals surface area contributed by atoms with Gasteiger partial charge in [0.1, 0.15) is 0 Å². The molecule has 2 fully saturated rings. The Balaban J connectivity index is 1.17. The average molecular weight is 476 g/mol. The van der Waals surface area contributed by atoms with Gasteiger partial charge in [-0.1, -0.05) is 12.1 Å². The van der Waals surface area contributed by atoms with Crippen molar-refractivity contribution in [2.45, 2.75) is 50.0 Å². The molecule has 1 saturated heterocycles. The van der Waals surface area contributed by atoms with Crippen LogP contribution in [0.15, 0.2) is 53.5 Å². The summed E-state index contributed by atoms with van der Waals surface area (Å²) in [6.45, 7) is 1.13. The second kappa shape index (κ2) is 10.0. The minimum Gasteiger partial charge on any atom is -0.349 e. The topological polar surface area (TPSA) is 83.4 Å². The highest BCUT2D eigenvalue weighted by Crippen LogP contribution is 2.32. The minimum atomic E-state index is -4.54. The number of nitrogens with one attached hydrogen (secondary N) is 2. The predicted octanol–water partition coefficient (Wildman–Crippen LogP) is 2.58. The smallest absolute Gasteiger partial charge is 0.349 e. The third kappa shape index (κ3) is 5.67. The maximum absolute atomic E-state index is 12.8. The zero-order chi connectivity index (χ0) is 24.3. The normalized spacial score (nSPS) is 21.5. The zero-order valence-electron chi connectivity index (χ0n) is 18.6. The molecule has 2 heterocycles. The highest BCUT2D eigenvalue weighted by Gasteiger charge is 2.35. The summed E-state index contributed by atoms with van der Waals surface area (Å²) >= 11 is 0. The third-order valence-electron chi connectivity index (χ3n) is 6.56. The van der Waals surface area contributed by atoms with Gasteiger partial charge in [0.2, 0.25) is 5.91 Å². The van der Waals surface area contributed by atoms with E-state index >= 15 is 0 Å². The maximum atomic E-state index is 12.8. The molecule has 0 spiro atoms. The molecular formula is C24H27F3N4O3. The van der Waals surface area contributed by atoms with Gasteiger partial charge in [0.05, 0.1) is 18.2 Å². The van der Waals surface area contributed by atoms with Crippen molar-refractivity contribution in [3.8, 4) is 0 Å². The monoisotopic (exact) mass is 476 g/mol. The number of halogens is 3. The van der Waals surface area contributed by atoms with E-state index in [0.29, 0.717) is 19.1 Å². The molecule has 4 rings (SSSR count). The average Bonchev–Trinajstić information content (AvgIpc) is 2.79. The Morgan fingerprint density at radius 1 is 0.971 bits per heavy atom. The van der Waals surface area contributed by atoms with E-state index in [1.807, 2.05) is 16.8 Å². The van der Waals surface area contributed by atoms with Crippen molar-refractivity contribution < 1.29 is 22.8 Å². The number of likely N-dealkylation sites (tertiary alicyclic amines) is 1. The van der Waals surface area contributed by atoms with Crippen molar-refractivity contribution in [1.82, 2.24) is 20.1 Å². The summed E-state index contributed by atoms with van der Waals surface area (Å²) in [5.41, 5.74) is -1.03. The lowest BCUT2D eigenvalue weighted by molar-refractivity contribution is -0.137. The highest BCUT2D eigenvalue weighted by atomic mass is 19.4. The predicted molar refractivity (Wildman–Crippen MR) is 119 cm³/mol. The Kier molecular flexibility index (Phi) is 7.06. The zero-order valence-corrected chi connectivity index (χ0v) is 18.6. The second-order valence-electron chi connectivity index (χ2n) is 8.89. The highest BCUT2D eigenvalue weighted by molar-refractivity contribution is 5.96. The fraction of sp³-hybridized carbons (Fsp3) is 0.458. The molecule has 2 N–H and O–H groups in total. The van der Waals surface area contributed by atoms with E-state index in [4.69, 9.17) is 0 Å². The van der Waals surface area contributed by atoms with Crippen LogP contribution in [0.2, 0.25) is 0 Å². The molecule has 182 valence electrons. The number of aromatic nitrogens is 1. The molecule has 0 atom stereocenters. The van der Waals surface area contributed by atoms with Crippen LogP contribution in [0, 0.1) is 0 Å². The van der Waals surface area contributed by atoms with Gasteiger partial charge in [-0.3, -0.25) is 19.3 Å². The lowest BCUT2D eigenvalue weighted by Crippen LogP contribution is -2.63. The molecule has 0 radical (unpaired) electrons. The second-order valence-corrected chi connectivity index (χ2v) is 8.89. The summed E-state index contributed by atoms with van der Waals surface area (Å²) in [6, 6.07) is 9.91. The van der Waals surface area contributed by atoms with Crippen molar-refractivity contribution in [2.24, 2.45) is 0 Å². The number of hydrogen-bond donors (Lipinski definition) is 2. The Morgan fingerprint density at radius 2 is 1.68 bits per heavy atom. The van der Waals surface area contributed by atoms with Crippen LogP contribution in [0.5, 0.6) is 0 Å². The van der Waals surface area contributed by atoms with E-state index < -0.39 is 17.6 Å². The molecule has 0 unspecified atom stereocenters. The number of rotatable bonds is 6. The number of nitrogens with zero attached hydrogens (tertiary/aromatic N) is 2. The molecule has 1 aliphatic heterocycles. The van der Waals surface area contributed by atoms with E-state index in [-0.39, 0.29) is 35.7 Å². The van der Waals surface area contributed by atoms with Gasteiger partial charge < -0.3 is 15.2 Å². The molecule has 0 bridgehead atoms. The SMILES string of the molecule is O=C(CNC(=O)c1cccc(C(F)(F)F)c1)NC1CN(C2CCC(n3ccccc3=O)CC2)C1. The van der Waals surface area contributed by atoms with E-state index in [1.54, 1.807) is 12.1 Å². The standard InChI is InChI=1S/C24H27F3N4O3/c25-24(26,27)17-5-3-4-16(12-17)23(34)28-13-21(32)29-18-14-30(15-18)19-7-9-20(10-8-19)31-11-2-1-6-22(31)33/h1-6,11-12,18-20H,7-10,13-15H2,(H,28,34)(H,29,32). The fourth-order valence-corrected chi connectivity index (χ4v) is 4.72. The minimum absolute atomic E-state index is 0.0209. The van der Waals surface area contributed by atoms with Gasteiger partial charge in [-0.2, -0.15) is 13.2 Å². The Morgan fingerprint density at radius 3 is 2.35 bits per heavy atom. The van der Waals surface area contributed by atoms with E-state index in [1.165, 1.54) is 6.07 Å². The number of pyridine rings is 1.